The number of rotatable bonds is 5. The van der Waals surface area contributed by atoms with Gasteiger partial charge in [0.2, 0.25) is 5.91 Å². The van der Waals surface area contributed by atoms with Crippen LogP contribution in [-0.4, -0.2) is 30.5 Å². The van der Waals surface area contributed by atoms with Gasteiger partial charge in [-0.25, -0.2) is 0 Å². The molecule has 0 aliphatic heterocycles. The summed E-state index contributed by atoms with van der Waals surface area (Å²) in [5.41, 5.74) is 0.706. The van der Waals surface area contributed by atoms with Crippen LogP contribution < -0.4 is 10.6 Å². The fourth-order valence-corrected chi connectivity index (χ4v) is 1.26. The van der Waals surface area contributed by atoms with Gasteiger partial charge in [-0.05, 0) is 5.56 Å². The summed E-state index contributed by atoms with van der Waals surface area (Å²) in [5.74, 6) is -8.98. The first-order valence-electron chi connectivity index (χ1n) is 5.68. The van der Waals surface area contributed by atoms with Gasteiger partial charge in [-0.15, -0.1) is 0 Å². The predicted molar refractivity (Wildman–Crippen MR) is 62.3 cm³/mol. The second-order valence-corrected chi connectivity index (χ2v) is 4.02. The summed E-state index contributed by atoms with van der Waals surface area (Å²) in [5, 5.41) is 3.51. The first-order chi connectivity index (χ1) is 9.64. The van der Waals surface area contributed by atoms with Crippen LogP contribution in [0.15, 0.2) is 30.3 Å². The lowest BCUT2D eigenvalue weighted by atomic mass is 10.2. The monoisotopic (exact) mass is 310 g/mol. The van der Waals surface area contributed by atoms with Crippen molar-refractivity contribution in [2.24, 2.45) is 0 Å². The van der Waals surface area contributed by atoms with Crippen molar-refractivity contribution < 1.29 is 31.5 Å². The van der Waals surface area contributed by atoms with E-state index in [9.17, 15) is 31.5 Å². The van der Waals surface area contributed by atoms with Gasteiger partial charge in [0.25, 0.3) is 0 Å². The van der Waals surface area contributed by atoms with Crippen LogP contribution in [0.1, 0.15) is 5.56 Å². The lowest BCUT2D eigenvalue weighted by Gasteiger charge is -2.18. The Morgan fingerprint density at radius 1 is 0.952 bits per heavy atom. The van der Waals surface area contributed by atoms with E-state index in [0.29, 0.717) is 5.56 Å². The van der Waals surface area contributed by atoms with Gasteiger partial charge in [-0.3, -0.25) is 9.59 Å². The van der Waals surface area contributed by atoms with Crippen molar-refractivity contribution in [3.8, 4) is 0 Å². The number of benzene rings is 1. The molecule has 0 fully saturated rings. The van der Waals surface area contributed by atoms with Gasteiger partial charge in [-0.2, -0.15) is 22.0 Å². The fourth-order valence-electron chi connectivity index (χ4n) is 1.26. The molecule has 9 heteroatoms. The summed E-state index contributed by atoms with van der Waals surface area (Å²) in [7, 11) is 0. The molecule has 116 valence electrons. The zero-order valence-electron chi connectivity index (χ0n) is 10.5. The average molecular weight is 310 g/mol. The highest BCUT2D eigenvalue weighted by atomic mass is 19.4. The summed E-state index contributed by atoms with van der Waals surface area (Å²) in [6.45, 7) is -0.914. The second kappa shape index (κ2) is 6.51. The van der Waals surface area contributed by atoms with E-state index in [1.54, 1.807) is 30.3 Å². The molecule has 1 aromatic rings. The van der Waals surface area contributed by atoms with Crippen molar-refractivity contribution >= 4 is 11.8 Å². The van der Waals surface area contributed by atoms with E-state index in [1.165, 1.54) is 5.32 Å². The Morgan fingerprint density at radius 2 is 1.52 bits per heavy atom. The molecule has 1 rings (SSSR count). The summed E-state index contributed by atoms with van der Waals surface area (Å²) in [6.07, 6.45) is -6.00. The lowest BCUT2D eigenvalue weighted by Crippen LogP contribution is -2.52. The Balaban J connectivity index is 2.41. The molecule has 0 aliphatic carbocycles. The minimum absolute atomic E-state index is 0.0607. The van der Waals surface area contributed by atoms with Crippen molar-refractivity contribution in [1.82, 2.24) is 10.6 Å². The molecule has 0 unspecified atom stereocenters. The highest BCUT2D eigenvalue weighted by molar-refractivity contribution is 5.88. The number of halogens is 5. The van der Waals surface area contributed by atoms with Gasteiger partial charge in [-0.1, -0.05) is 30.3 Å². The summed E-state index contributed by atoms with van der Waals surface area (Å²) < 4.78 is 60.7. The van der Waals surface area contributed by atoms with E-state index in [2.05, 4.69) is 5.32 Å². The first-order valence-corrected chi connectivity index (χ1v) is 5.68. The Hall–Kier alpha value is -2.19. The summed E-state index contributed by atoms with van der Waals surface area (Å²) >= 11 is 0. The third-order valence-electron chi connectivity index (χ3n) is 2.38. The van der Waals surface area contributed by atoms with Gasteiger partial charge < -0.3 is 10.6 Å². The maximum Gasteiger partial charge on any atom is 0.463 e. The van der Waals surface area contributed by atoms with Crippen molar-refractivity contribution in [2.75, 3.05) is 6.54 Å². The van der Waals surface area contributed by atoms with Gasteiger partial charge in [0.05, 0.1) is 6.54 Å². The molecule has 0 aliphatic rings. The third-order valence-corrected chi connectivity index (χ3v) is 2.38. The van der Waals surface area contributed by atoms with E-state index in [1.807, 2.05) is 0 Å². The highest BCUT2D eigenvalue weighted by Gasteiger charge is 2.63. The molecule has 0 saturated heterocycles. The van der Waals surface area contributed by atoms with Crippen molar-refractivity contribution in [2.45, 2.75) is 18.6 Å². The zero-order valence-corrected chi connectivity index (χ0v) is 10.5. The van der Waals surface area contributed by atoms with Crippen molar-refractivity contribution in [3.63, 3.8) is 0 Å². The van der Waals surface area contributed by atoms with Crippen LogP contribution in [0.3, 0.4) is 0 Å². The van der Waals surface area contributed by atoms with E-state index < -0.39 is 30.5 Å². The van der Waals surface area contributed by atoms with Gasteiger partial charge in [0.1, 0.15) is 0 Å². The summed E-state index contributed by atoms with van der Waals surface area (Å²) in [6, 6.07) is 8.50. The Labute approximate surface area is 116 Å². The van der Waals surface area contributed by atoms with Crippen LogP contribution in [-0.2, 0) is 16.1 Å². The van der Waals surface area contributed by atoms with Gasteiger partial charge in [0, 0.05) is 6.54 Å². The van der Waals surface area contributed by atoms with E-state index in [0.717, 1.165) is 0 Å². The Bertz CT molecular complexity index is 502. The third kappa shape index (κ3) is 4.69. The van der Waals surface area contributed by atoms with Crippen LogP contribution >= 0.6 is 0 Å². The summed E-state index contributed by atoms with van der Waals surface area (Å²) in [4.78, 5) is 22.0. The molecule has 2 amide bonds. The van der Waals surface area contributed by atoms with Gasteiger partial charge in [0.15, 0.2) is 0 Å². The minimum Gasteiger partial charge on any atom is -0.350 e. The minimum atomic E-state index is -6.00. The number of hydrogen-bond acceptors (Lipinski definition) is 2. The largest absolute Gasteiger partial charge is 0.463 e. The topological polar surface area (TPSA) is 58.2 Å². The van der Waals surface area contributed by atoms with E-state index in [4.69, 9.17) is 0 Å². The quantitative estimate of drug-likeness (QED) is 0.812. The first kappa shape index (κ1) is 16.9. The average Bonchev–Trinajstić information content (AvgIpc) is 2.42. The normalized spacial score (nSPS) is 11.9. The standard InChI is InChI=1S/C12H11F5N2O2/c13-11(14,12(15,16)17)10(21)19-7-9(20)18-6-8-4-2-1-3-5-8/h1-5H,6-7H2,(H,18,20)(H,19,21). The molecule has 0 aromatic heterocycles. The molecule has 0 radical (unpaired) electrons. The van der Waals surface area contributed by atoms with Crippen LogP contribution in [0, 0.1) is 0 Å². The van der Waals surface area contributed by atoms with Crippen LogP contribution in [0.25, 0.3) is 0 Å². The number of nitrogens with one attached hydrogen (secondary N) is 2. The number of carbonyl (C=O) groups is 2. The van der Waals surface area contributed by atoms with Crippen LogP contribution in [0.2, 0.25) is 0 Å². The highest BCUT2D eigenvalue weighted by Crippen LogP contribution is 2.35. The number of alkyl halides is 5. The molecule has 21 heavy (non-hydrogen) atoms. The SMILES string of the molecule is O=C(CNC(=O)C(F)(F)C(F)(F)F)NCc1ccccc1. The number of carbonyl (C=O) groups excluding carboxylic acids is 2. The zero-order chi connectivity index (χ0) is 16.1. The molecule has 0 atom stereocenters. The Morgan fingerprint density at radius 3 is 2.05 bits per heavy atom. The molecular formula is C12H11F5N2O2. The number of hydrogen-bond donors (Lipinski definition) is 2. The second-order valence-electron chi connectivity index (χ2n) is 4.02. The van der Waals surface area contributed by atoms with Gasteiger partial charge >= 0.3 is 18.0 Å². The predicted octanol–water partition coefficient (Wildman–Crippen LogP) is 1.62. The molecule has 0 spiro atoms. The maximum absolute atomic E-state index is 12.6. The molecular weight excluding hydrogens is 299 g/mol. The molecule has 0 heterocycles. The molecule has 2 N–H and O–H groups in total. The number of amides is 2. The Kier molecular flexibility index (Phi) is 5.23. The molecule has 0 saturated carbocycles. The molecule has 1 aromatic carbocycles. The lowest BCUT2D eigenvalue weighted by molar-refractivity contribution is -0.269. The maximum atomic E-state index is 12.6. The van der Waals surface area contributed by atoms with Crippen molar-refractivity contribution in [3.05, 3.63) is 35.9 Å². The van der Waals surface area contributed by atoms with Crippen LogP contribution in [0.5, 0.6) is 0 Å². The smallest absolute Gasteiger partial charge is 0.350 e. The molecule has 4 nitrogen and oxygen atoms in total. The van der Waals surface area contributed by atoms with E-state index >= 15 is 0 Å². The fraction of sp³-hybridized carbons (Fsp3) is 0.333. The van der Waals surface area contributed by atoms with Crippen molar-refractivity contribution in [1.29, 1.82) is 0 Å². The molecule has 0 bridgehead atoms. The van der Waals surface area contributed by atoms with Crippen LogP contribution in [0.4, 0.5) is 22.0 Å². The van der Waals surface area contributed by atoms with E-state index in [-0.39, 0.29) is 6.54 Å².